The van der Waals surface area contributed by atoms with Crippen LogP contribution >= 0.6 is 0 Å². The van der Waals surface area contributed by atoms with Gasteiger partial charge >= 0.3 is 17.9 Å². The summed E-state index contributed by atoms with van der Waals surface area (Å²) >= 11 is 0. The van der Waals surface area contributed by atoms with Crippen LogP contribution in [-0.4, -0.2) is 37.2 Å². The summed E-state index contributed by atoms with van der Waals surface area (Å²) in [5.41, 5.74) is 0. The predicted molar refractivity (Wildman–Crippen MR) is 265 cm³/mol. The lowest BCUT2D eigenvalue weighted by molar-refractivity contribution is -0.167. The van der Waals surface area contributed by atoms with Crippen LogP contribution < -0.4 is 0 Å². The van der Waals surface area contributed by atoms with E-state index in [9.17, 15) is 14.4 Å². The Kier molecular flexibility index (Phi) is 47.0. The van der Waals surface area contributed by atoms with Gasteiger partial charge in [-0.3, -0.25) is 14.4 Å². The van der Waals surface area contributed by atoms with Crippen molar-refractivity contribution in [2.45, 2.75) is 226 Å². The first-order valence-corrected chi connectivity index (χ1v) is 25.3. The number of ether oxygens (including phenoxy) is 3. The second-order valence-corrected chi connectivity index (χ2v) is 16.4. The molecular weight excluding hydrogens is 769 g/mol. The van der Waals surface area contributed by atoms with Crippen molar-refractivity contribution in [3.8, 4) is 0 Å². The zero-order valence-electron chi connectivity index (χ0n) is 40.1. The number of esters is 3. The quantitative estimate of drug-likeness (QED) is 0.0200. The van der Waals surface area contributed by atoms with Crippen molar-refractivity contribution in [1.82, 2.24) is 0 Å². The van der Waals surface area contributed by atoms with Gasteiger partial charge in [0.15, 0.2) is 6.10 Å². The minimum atomic E-state index is -0.801. The predicted octanol–water partition coefficient (Wildman–Crippen LogP) is 16.6. The zero-order valence-corrected chi connectivity index (χ0v) is 40.1. The van der Waals surface area contributed by atoms with E-state index in [1.54, 1.807) is 0 Å². The minimum absolute atomic E-state index is 0.0990. The van der Waals surface area contributed by atoms with Crippen molar-refractivity contribution in [3.05, 3.63) is 97.2 Å². The summed E-state index contributed by atoms with van der Waals surface area (Å²) in [6, 6.07) is 0. The van der Waals surface area contributed by atoms with Crippen LogP contribution in [0.1, 0.15) is 220 Å². The molecule has 0 saturated heterocycles. The third-order valence-corrected chi connectivity index (χ3v) is 10.4. The van der Waals surface area contributed by atoms with Gasteiger partial charge < -0.3 is 14.2 Å². The van der Waals surface area contributed by atoms with E-state index in [0.717, 1.165) is 103 Å². The normalized spacial score (nSPS) is 12.9. The van der Waals surface area contributed by atoms with Crippen LogP contribution in [-0.2, 0) is 28.6 Å². The summed E-state index contributed by atoms with van der Waals surface area (Å²) in [6.07, 6.45) is 65.3. The van der Waals surface area contributed by atoms with E-state index >= 15 is 0 Å². The summed E-state index contributed by atoms with van der Waals surface area (Å²) in [7, 11) is 0. The number of unbranched alkanes of at least 4 members (excludes halogenated alkanes) is 20. The highest BCUT2D eigenvalue weighted by molar-refractivity contribution is 5.71. The first-order valence-electron chi connectivity index (χ1n) is 25.3. The average Bonchev–Trinajstić information content (AvgIpc) is 3.27. The Bertz CT molecular complexity index is 1260. The molecule has 1 unspecified atom stereocenters. The van der Waals surface area contributed by atoms with E-state index in [1.807, 2.05) is 36.5 Å². The molecule has 0 aromatic carbocycles. The van der Waals surface area contributed by atoms with Crippen molar-refractivity contribution < 1.29 is 28.6 Å². The molecule has 0 aliphatic carbocycles. The maximum atomic E-state index is 12.8. The summed E-state index contributed by atoms with van der Waals surface area (Å²) < 4.78 is 16.7. The molecule has 0 aromatic heterocycles. The lowest BCUT2D eigenvalue weighted by Crippen LogP contribution is -2.30. The molecule has 352 valence electrons. The Hall–Kier alpha value is -3.67. The standard InChI is InChI=1S/C56H92O6/c1-4-7-10-13-16-19-22-25-27-28-29-32-34-37-40-43-46-49-55(58)61-52-53(51-60-54(57)48-45-42-39-36-33-30-24-21-18-15-12-9-6-3)62-56(59)50-47-44-41-38-35-31-26-23-20-17-14-11-8-5-2/h8-9,11-12,15-21,24-25,27,30,33,53H,4-7,10,13-14,22-23,26,28-29,31-32,34-52H2,1-3H3/b11-8-,12-9-,18-15-,19-16-,20-17-,24-21-,27-25-,33-30-. The monoisotopic (exact) mass is 861 g/mol. The number of allylic oxidation sites excluding steroid dienone is 16. The van der Waals surface area contributed by atoms with Gasteiger partial charge in [-0.15, -0.1) is 0 Å². The van der Waals surface area contributed by atoms with Gasteiger partial charge in [0.05, 0.1) is 0 Å². The molecule has 6 nitrogen and oxygen atoms in total. The van der Waals surface area contributed by atoms with E-state index in [-0.39, 0.29) is 31.1 Å². The molecular formula is C56H92O6. The minimum Gasteiger partial charge on any atom is -0.462 e. The van der Waals surface area contributed by atoms with Crippen LogP contribution in [0.2, 0.25) is 0 Å². The van der Waals surface area contributed by atoms with E-state index in [4.69, 9.17) is 14.2 Å². The van der Waals surface area contributed by atoms with Gasteiger partial charge in [0.1, 0.15) is 13.2 Å². The van der Waals surface area contributed by atoms with Crippen molar-refractivity contribution in [2.75, 3.05) is 13.2 Å². The van der Waals surface area contributed by atoms with Gasteiger partial charge in [-0.25, -0.2) is 0 Å². The zero-order chi connectivity index (χ0) is 45.1. The smallest absolute Gasteiger partial charge is 0.306 e. The Morgan fingerprint density at radius 1 is 0.355 bits per heavy atom. The molecule has 1 atom stereocenters. The third kappa shape index (κ3) is 47.4. The third-order valence-electron chi connectivity index (χ3n) is 10.4. The van der Waals surface area contributed by atoms with Gasteiger partial charge in [0.25, 0.3) is 0 Å². The lowest BCUT2D eigenvalue weighted by Gasteiger charge is -2.18. The molecule has 6 heteroatoms. The highest BCUT2D eigenvalue weighted by Gasteiger charge is 2.19. The molecule has 0 aromatic rings. The Labute approximate surface area is 381 Å². The van der Waals surface area contributed by atoms with E-state index < -0.39 is 6.10 Å². The molecule has 0 heterocycles. The molecule has 0 saturated carbocycles. The summed E-state index contributed by atoms with van der Waals surface area (Å²) in [5.74, 6) is -0.959. The summed E-state index contributed by atoms with van der Waals surface area (Å²) in [5, 5.41) is 0. The van der Waals surface area contributed by atoms with Gasteiger partial charge in [-0.05, 0) is 96.3 Å². The second-order valence-electron chi connectivity index (χ2n) is 16.4. The van der Waals surface area contributed by atoms with Gasteiger partial charge in [-0.1, -0.05) is 201 Å². The Morgan fingerprint density at radius 3 is 1.18 bits per heavy atom. The molecule has 0 aliphatic heterocycles. The largest absolute Gasteiger partial charge is 0.462 e. The SMILES string of the molecule is CC\C=C/C=C\C=C/C=C\CCCCCC(=O)OCC(COC(=O)CCCCCCCCC/C=C\C/C=C\CCCCC)OC(=O)CCCCCCCCC/C=C\C/C=C\CC. The fourth-order valence-corrected chi connectivity index (χ4v) is 6.64. The fraction of sp³-hybridized carbons (Fsp3) is 0.661. The van der Waals surface area contributed by atoms with Crippen LogP contribution in [0.4, 0.5) is 0 Å². The van der Waals surface area contributed by atoms with Crippen molar-refractivity contribution >= 4 is 17.9 Å². The number of rotatable bonds is 44. The van der Waals surface area contributed by atoms with E-state index in [0.29, 0.717) is 19.3 Å². The maximum Gasteiger partial charge on any atom is 0.306 e. The number of hydrogen-bond donors (Lipinski definition) is 0. The lowest BCUT2D eigenvalue weighted by atomic mass is 10.1. The molecule has 0 fully saturated rings. The first-order chi connectivity index (χ1) is 30.5. The van der Waals surface area contributed by atoms with Crippen LogP contribution in [0.25, 0.3) is 0 Å². The summed E-state index contributed by atoms with van der Waals surface area (Å²) in [4.78, 5) is 37.9. The van der Waals surface area contributed by atoms with Crippen LogP contribution in [0.3, 0.4) is 0 Å². The van der Waals surface area contributed by atoms with Gasteiger partial charge in [0.2, 0.25) is 0 Å². The number of carbonyl (C=O) groups excluding carboxylic acids is 3. The molecule has 0 aliphatic rings. The Morgan fingerprint density at radius 2 is 0.710 bits per heavy atom. The number of hydrogen-bond acceptors (Lipinski definition) is 6. The fourth-order valence-electron chi connectivity index (χ4n) is 6.64. The summed E-state index contributed by atoms with van der Waals surface area (Å²) in [6.45, 7) is 6.31. The topological polar surface area (TPSA) is 78.9 Å². The van der Waals surface area contributed by atoms with Crippen molar-refractivity contribution in [3.63, 3.8) is 0 Å². The maximum absolute atomic E-state index is 12.8. The number of carbonyl (C=O) groups is 3. The highest BCUT2D eigenvalue weighted by Crippen LogP contribution is 2.14. The molecule has 62 heavy (non-hydrogen) atoms. The van der Waals surface area contributed by atoms with E-state index in [2.05, 4.69) is 81.5 Å². The van der Waals surface area contributed by atoms with Crippen molar-refractivity contribution in [1.29, 1.82) is 0 Å². The molecule has 0 rings (SSSR count). The van der Waals surface area contributed by atoms with Crippen molar-refractivity contribution in [2.24, 2.45) is 0 Å². The molecule has 0 spiro atoms. The average molecular weight is 861 g/mol. The molecule has 0 bridgehead atoms. The van der Waals surface area contributed by atoms with Crippen LogP contribution in [0.5, 0.6) is 0 Å². The first kappa shape index (κ1) is 58.3. The van der Waals surface area contributed by atoms with E-state index in [1.165, 1.54) is 77.0 Å². The second kappa shape index (κ2) is 50.0. The molecule has 0 amide bonds. The van der Waals surface area contributed by atoms with Gasteiger partial charge in [0, 0.05) is 19.3 Å². The highest BCUT2D eigenvalue weighted by atomic mass is 16.6. The Balaban J connectivity index is 4.46. The van der Waals surface area contributed by atoms with Gasteiger partial charge in [-0.2, -0.15) is 0 Å². The molecule has 0 radical (unpaired) electrons. The van der Waals surface area contributed by atoms with Crippen LogP contribution in [0.15, 0.2) is 97.2 Å². The van der Waals surface area contributed by atoms with Crippen LogP contribution in [0, 0.1) is 0 Å². The molecule has 0 N–H and O–H groups in total.